The number of phenols is 1. The van der Waals surface area contributed by atoms with E-state index in [2.05, 4.69) is 47.2 Å². The monoisotopic (exact) mass is 390 g/mol. The molecular weight excluding hydrogens is 384 g/mol. The first kappa shape index (κ1) is 13.4. The molecule has 0 fully saturated rings. The number of rotatable bonds is 2. The van der Waals surface area contributed by atoms with E-state index in [0.717, 1.165) is 5.56 Å². The normalized spacial score (nSPS) is 11.3. The van der Waals surface area contributed by atoms with Gasteiger partial charge in [-0.3, -0.25) is 5.10 Å². The van der Waals surface area contributed by atoms with Crippen LogP contribution in [0, 0.1) is 11.7 Å². The minimum absolute atomic E-state index is 0.156. The van der Waals surface area contributed by atoms with Crippen molar-refractivity contribution in [1.29, 1.82) is 0 Å². The summed E-state index contributed by atoms with van der Waals surface area (Å²) in [6.45, 7) is 1.80. The summed E-state index contributed by atoms with van der Waals surface area (Å²) in [6, 6.07) is 3.51. The number of halogens is 2. The molecule has 1 aromatic carbocycles. The zero-order valence-corrected chi connectivity index (χ0v) is 13.2. The molecule has 0 unspecified atom stereocenters. The summed E-state index contributed by atoms with van der Waals surface area (Å²) in [5, 5.41) is 20.4. The number of aromatic nitrogens is 3. The fraction of sp³-hybridized carbons (Fsp3) is 0.100. The lowest BCUT2D eigenvalue weighted by Crippen LogP contribution is -1.94. The predicted molar refractivity (Wildman–Crippen MR) is 78.6 cm³/mol. The second-order valence-electron chi connectivity index (χ2n) is 3.47. The summed E-state index contributed by atoms with van der Waals surface area (Å²) in [4.78, 5) is 0. The zero-order valence-electron chi connectivity index (χ0n) is 9.19. The molecule has 94 valence electrons. The van der Waals surface area contributed by atoms with E-state index in [1.807, 2.05) is 0 Å². The predicted octanol–water partition coefficient (Wildman–Crippen LogP) is 3.36. The highest BCUT2D eigenvalue weighted by atomic mass is 79.9. The topological polar surface area (TPSA) is 66.2 Å². The first-order chi connectivity index (χ1) is 8.49. The van der Waals surface area contributed by atoms with Gasteiger partial charge in [-0.15, -0.1) is 0 Å². The number of aromatic amines is 1. The number of hydrogen-bond acceptors (Lipinski definition) is 4. The van der Waals surface area contributed by atoms with Crippen LogP contribution in [-0.4, -0.2) is 26.2 Å². The lowest BCUT2D eigenvalue weighted by Gasteiger charge is -2.02. The fourth-order valence-corrected chi connectivity index (χ4v) is 2.74. The summed E-state index contributed by atoms with van der Waals surface area (Å²) < 4.78 is 3.13. The van der Waals surface area contributed by atoms with E-state index in [1.54, 1.807) is 25.3 Å². The van der Waals surface area contributed by atoms with Crippen LogP contribution >= 0.6 is 44.1 Å². The molecule has 0 radical (unpaired) electrons. The third-order valence-corrected chi connectivity index (χ3v) is 3.65. The molecule has 0 aliphatic rings. The molecule has 5 nitrogen and oxygen atoms in total. The molecule has 1 heterocycles. The molecule has 18 heavy (non-hydrogen) atoms. The Balaban J connectivity index is 2.38. The van der Waals surface area contributed by atoms with Crippen molar-refractivity contribution in [3.05, 3.63) is 37.2 Å². The van der Waals surface area contributed by atoms with Gasteiger partial charge in [0.05, 0.1) is 15.2 Å². The van der Waals surface area contributed by atoms with Gasteiger partial charge in [-0.1, -0.05) is 0 Å². The standard InChI is InChI=1S/C10H8Br2N4OS/c1-5-14-15-10(18)16(5)13-4-6-2-7(11)9(17)8(12)3-6/h2-4,17H,1H3,(H,15,18)/b13-4+. The molecule has 0 aliphatic carbocycles. The van der Waals surface area contributed by atoms with Gasteiger partial charge in [-0.25, -0.2) is 0 Å². The molecule has 2 N–H and O–H groups in total. The average molecular weight is 392 g/mol. The number of nitrogens with zero attached hydrogens (tertiary/aromatic N) is 3. The Morgan fingerprint density at radius 2 is 2.06 bits per heavy atom. The smallest absolute Gasteiger partial charge is 0.216 e. The number of H-pyrrole nitrogens is 1. The Morgan fingerprint density at radius 3 is 2.56 bits per heavy atom. The summed E-state index contributed by atoms with van der Waals surface area (Å²) in [5.41, 5.74) is 0.814. The van der Waals surface area contributed by atoms with Crippen LogP contribution in [-0.2, 0) is 0 Å². The highest BCUT2D eigenvalue weighted by Gasteiger charge is 2.05. The van der Waals surface area contributed by atoms with Crippen molar-refractivity contribution in [2.45, 2.75) is 6.92 Å². The van der Waals surface area contributed by atoms with Gasteiger partial charge in [0.15, 0.2) is 0 Å². The summed E-state index contributed by atoms with van der Waals surface area (Å²) >= 11 is 11.5. The maximum absolute atomic E-state index is 9.60. The van der Waals surface area contributed by atoms with Gasteiger partial charge in [0.2, 0.25) is 4.77 Å². The minimum atomic E-state index is 0.156. The summed E-state index contributed by atoms with van der Waals surface area (Å²) in [6.07, 6.45) is 1.63. The van der Waals surface area contributed by atoms with Crippen molar-refractivity contribution >= 4 is 50.3 Å². The van der Waals surface area contributed by atoms with E-state index < -0.39 is 0 Å². The van der Waals surface area contributed by atoms with Crippen molar-refractivity contribution in [3.8, 4) is 5.75 Å². The van der Waals surface area contributed by atoms with Gasteiger partial charge in [-0.05, 0) is 68.7 Å². The minimum Gasteiger partial charge on any atom is -0.506 e. The molecule has 0 aliphatic heterocycles. The largest absolute Gasteiger partial charge is 0.506 e. The maximum atomic E-state index is 9.60. The number of aryl methyl sites for hydroxylation is 1. The quantitative estimate of drug-likeness (QED) is 0.609. The number of hydrogen-bond donors (Lipinski definition) is 2. The van der Waals surface area contributed by atoms with Gasteiger partial charge in [0.25, 0.3) is 0 Å². The third kappa shape index (κ3) is 2.70. The Bertz CT molecular complexity index is 654. The van der Waals surface area contributed by atoms with Crippen LogP contribution in [0.25, 0.3) is 0 Å². The molecule has 0 saturated heterocycles. The van der Waals surface area contributed by atoms with E-state index in [4.69, 9.17) is 12.2 Å². The Kier molecular flexibility index (Phi) is 3.98. The van der Waals surface area contributed by atoms with Crippen LogP contribution < -0.4 is 0 Å². The lowest BCUT2D eigenvalue weighted by atomic mass is 10.2. The van der Waals surface area contributed by atoms with E-state index in [-0.39, 0.29) is 5.75 Å². The van der Waals surface area contributed by atoms with Gasteiger partial charge in [0.1, 0.15) is 11.6 Å². The molecule has 8 heteroatoms. The number of phenolic OH excluding ortho intramolecular Hbond substituents is 1. The summed E-state index contributed by atoms with van der Waals surface area (Å²) in [5.74, 6) is 0.830. The van der Waals surface area contributed by atoms with E-state index in [0.29, 0.717) is 19.5 Å². The van der Waals surface area contributed by atoms with Gasteiger partial charge in [-0.2, -0.15) is 14.9 Å². The molecule has 0 bridgehead atoms. The number of nitrogens with one attached hydrogen (secondary N) is 1. The molecule has 0 spiro atoms. The van der Waals surface area contributed by atoms with E-state index in [1.165, 1.54) is 4.68 Å². The van der Waals surface area contributed by atoms with Crippen LogP contribution in [0.5, 0.6) is 5.75 Å². The van der Waals surface area contributed by atoms with Crippen LogP contribution in [0.4, 0.5) is 0 Å². The third-order valence-electron chi connectivity index (χ3n) is 2.17. The Hall–Kier alpha value is -0.990. The number of benzene rings is 1. The van der Waals surface area contributed by atoms with Crippen LogP contribution in [0.15, 0.2) is 26.2 Å². The van der Waals surface area contributed by atoms with Gasteiger partial charge < -0.3 is 5.11 Å². The molecular formula is C10H8Br2N4OS. The molecule has 0 atom stereocenters. The SMILES string of the molecule is Cc1n[nH]c(=S)n1/N=C/c1cc(Br)c(O)c(Br)c1. The molecule has 0 saturated carbocycles. The first-order valence-electron chi connectivity index (χ1n) is 4.85. The Morgan fingerprint density at radius 1 is 1.44 bits per heavy atom. The highest BCUT2D eigenvalue weighted by Crippen LogP contribution is 2.32. The average Bonchev–Trinajstić information content (AvgIpc) is 2.63. The van der Waals surface area contributed by atoms with Crippen molar-refractivity contribution in [2.24, 2.45) is 5.10 Å². The molecule has 1 aromatic heterocycles. The van der Waals surface area contributed by atoms with E-state index >= 15 is 0 Å². The van der Waals surface area contributed by atoms with Crippen LogP contribution in [0.1, 0.15) is 11.4 Å². The molecule has 2 aromatic rings. The van der Waals surface area contributed by atoms with E-state index in [9.17, 15) is 5.11 Å². The van der Waals surface area contributed by atoms with Crippen molar-refractivity contribution < 1.29 is 5.11 Å². The Labute approximate surface area is 125 Å². The van der Waals surface area contributed by atoms with Crippen molar-refractivity contribution in [2.75, 3.05) is 0 Å². The summed E-state index contributed by atoms with van der Waals surface area (Å²) in [7, 11) is 0. The molecule has 2 rings (SSSR count). The first-order valence-corrected chi connectivity index (χ1v) is 6.85. The van der Waals surface area contributed by atoms with Crippen molar-refractivity contribution in [3.63, 3.8) is 0 Å². The van der Waals surface area contributed by atoms with Crippen LogP contribution in [0.2, 0.25) is 0 Å². The van der Waals surface area contributed by atoms with Gasteiger partial charge in [0, 0.05) is 0 Å². The zero-order chi connectivity index (χ0) is 13.3. The maximum Gasteiger partial charge on any atom is 0.216 e. The second kappa shape index (κ2) is 5.33. The van der Waals surface area contributed by atoms with Crippen LogP contribution in [0.3, 0.4) is 0 Å². The second-order valence-corrected chi connectivity index (χ2v) is 5.56. The van der Waals surface area contributed by atoms with Gasteiger partial charge >= 0.3 is 0 Å². The highest BCUT2D eigenvalue weighted by molar-refractivity contribution is 9.11. The molecule has 0 amide bonds. The fourth-order valence-electron chi connectivity index (χ4n) is 1.29. The van der Waals surface area contributed by atoms with Crippen molar-refractivity contribution in [1.82, 2.24) is 14.9 Å². The lowest BCUT2D eigenvalue weighted by molar-refractivity contribution is 0.468. The number of aromatic hydroxyl groups is 1.